The third kappa shape index (κ3) is 6.98. The van der Waals surface area contributed by atoms with Crippen molar-refractivity contribution < 1.29 is 17.9 Å². The molecule has 1 amide bonds. The van der Waals surface area contributed by atoms with E-state index < -0.39 is 16.8 Å². The third-order valence-electron chi connectivity index (χ3n) is 7.08. The van der Waals surface area contributed by atoms with Crippen LogP contribution in [0.1, 0.15) is 30.1 Å². The molecule has 0 radical (unpaired) electrons. The molecule has 0 spiro atoms. The van der Waals surface area contributed by atoms with Crippen LogP contribution in [0, 0.1) is 0 Å². The number of benzene rings is 3. The number of thiol groups is 1. The second kappa shape index (κ2) is 13.7. The average molecular weight is 622 g/mol. The number of carbonyl (C=O) groups excluding carboxylic acids is 1. The van der Waals surface area contributed by atoms with E-state index in [9.17, 15) is 13.2 Å². The van der Waals surface area contributed by atoms with Gasteiger partial charge in [-0.2, -0.15) is 0 Å². The van der Waals surface area contributed by atoms with Crippen molar-refractivity contribution in [2.45, 2.75) is 25.8 Å². The van der Waals surface area contributed by atoms with Gasteiger partial charge in [-0.15, -0.1) is 0 Å². The van der Waals surface area contributed by atoms with Gasteiger partial charge in [0, 0.05) is 12.1 Å². The quantitative estimate of drug-likeness (QED) is 0.138. The van der Waals surface area contributed by atoms with Crippen molar-refractivity contribution in [3.05, 3.63) is 77.3 Å². The van der Waals surface area contributed by atoms with E-state index in [2.05, 4.69) is 42.2 Å². The van der Waals surface area contributed by atoms with E-state index in [0.29, 0.717) is 40.1 Å². The Hall–Kier alpha value is -4.42. The number of methoxy groups -OCH3 is 1. The lowest BCUT2D eigenvalue weighted by molar-refractivity contribution is 0.0992. The fourth-order valence-corrected chi connectivity index (χ4v) is 5.69. The lowest BCUT2D eigenvalue weighted by Gasteiger charge is -2.21. The van der Waals surface area contributed by atoms with E-state index >= 15 is 0 Å². The van der Waals surface area contributed by atoms with E-state index in [-0.39, 0.29) is 22.9 Å². The lowest BCUT2D eigenvalue weighted by atomic mass is 10.2. The van der Waals surface area contributed by atoms with E-state index in [0.717, 1.165) is 30.2 Å². The summed E-state index contributed by atoms with van der Waals surface area (Å²) in [7, 11) is -1.77. The Labute approximate surface area is 255 Å². The van der Waals surface area contributed by atoms with Crippen LogP contribution in [0.25, 0.3) is 11.0 Å². The molecular weight excluding hydrogens is 592 g/mol. The van der Waals surface area contributed by atoms with Gasteiger partial charge in [0.25, 0.3) is 0 Å². The molecule has 4 aromatic rings. The number of amides is 1. The standard InChI is InChI=1S/C29H29ClN8O4S/c1-3-37-15-7-10-21(37)18-31-36-35-29(39)19-8-6-9-20(16-19)38(43(40)41)28-27(32-24-11-4-5-12-25(24)34-28)33-26-17-22(42-2)13-14-23(26)30/h4-6,8-9,11-14,16-17,21,43H,3,7,10,15,18H2,1-2H3/p+1. The summed E-state index contributed by atoms with van der Waals surface area (Å²) in [4.78, 5) is 28.2. The second-order valence-electron chi connectivity index (χ2n) is 9.70. The van der Waals surface area contributed by atoms with E-state index in [4.69, 9.17) is 16.3 Å². The van der Waals surface area contributed by atoms with Gasteiger partial charge in [0.2, 0.25) is 20.9 Å². The Bertz CT molecular complexity index is 1790. The first-order valence-corrected chi connectivity index (χ1v) is 15.2. The predicted octanol–water partition coefficient (Wildman–Crippen LogP) is 5.30. The normalized spacial score (nSPS) is 14.8. The highest BCUT2D eigenvalue weighted by Gasteiger charge is 2.25. The van der Waals surface area contributed by atoms with Crippen LogP contribution in [-0.2, 0) is 10.9 Å². The van der Waals surface area contributed by atoms with Crippen molar-refractivity contribution in [2.75, 3.05) is 36.4 Å². The number of ether oxygens (including phenoxy) is 1. The predicted molar refractivity (Wildman–Crippen MR) is 166 cm³/mol. The number of para-hydroxylation sites is 2. The Kier molecular flexibility index (Phi) is 9.58. The fraction of sp³-hybridized carbons (Fsp3) is 0.276. The molecule has 0 bridgehead atoms. The van der Waals surface area contributed by atoms with Crippen molar-refractivity contribution in [2.24, 2.45) is 10.2 Å². The number of hydrogen-bond acceptors (Lipinski definition) is 9. The van der Waals surface area contributed by atoms with Gasteiger partial charge in [0.1, 0.15) is 17.4 Å². The first-order valence-electron chi connectivity index (χ1n) is 13.7. The number of nitrogens with one attached hydrogen (secondary N) is 1. The third-order valence-corrected chi connectivity index (χ3v) is 8.15. The molecule has 1 saturated heterocycles. The zero-order valence-corrected chi connectivity index (χ0v) is 25.2. The van der Waals surface area contributed by atoms with E-state index in [1.165, 1.54) is 19.2 Å². The number of carbonyl (C=O) groups is 1. The van der Waals surface area contributed by atoms with Gasteiger partial charge in [-0.3, -0.25) is 9.69 Å². The smallest absolute Gasteiger partial charge is 0.360 e. The number of anilines is 4. The molecule has 1 atom stereocenters. The minimum Gasteiger partial charge on any atom is -0.497 e. The van der Waals surface area contributed by atoms with Crippen LogP contribution in [0.15, 0.2) is 77.0 Å². The molecule has 43 heavy (non-hydrogen) atoms. The lowest BCUT2D eigenvalue weighted by Crippen LogP contribution is -2.31. The fourth-order valence-electron chi connectivity index (χ4n) is 4.92. The number of likely N-dealkylation sites (N-methyl/N-ethyl adjacent to an activating group) is 1. The summed E-state index contributed by atoms with van der Waals surface area (Å²) in [5, 5.41) is 11.3. The van der Waals surface area contributed by atoms with Gasteiger partial charge < -0.3 is 10.1 Å². The SMILES string of the molecule is CCN1CCCC1CN=[N+]=NC(=O)c1cccc(N(c2nc3ccccc3nc2Nc2cc(OC)ccc2Cl)[SH](=O)=O)c1. The molecule has 5 rings (SSSR count). The summed E-state index contributed by atoms with van der Waals surface area (Å²) in [5.74, 6) is -0.0215. The van der Waals surface area contributed by atoms with Gasteiger partial charge >= 0.3 is 5.91 Å². The molecule has 222 valence electrons. The van der Waals surface area contributed by atoms with E-state index in [1.54, 1.807) is 54.6 Å². The highest BCUT2D eigenvalue weighted by atomic mass is 35.5. The van der Waals surface area contributed by atoms with Gasteiger partial charge in [-0.1, -0.05) is 36.7 Å². The van der Waals surface area contributed by atoms with Crippen LogP contribution in [0.2, 0.25) is 5.02 Å². The van der Waals surface area contributed by atoms with Crippen molar-refractivity contribution in [1.29, 1.82) is 0 Å². The molecule has 1 unspecified atom stereocenters. The first-order chi connectivity index (χ1) is 20.9. The highest BCUT2D eigenvalue weighted by molar-refractivity contribution is 7.74. The molecule has 0 aliphatic carbocycles. The van der Waals surface area contributed by atoms with Crippen LogP contribution in [0.5, 0.6) is 5.75 Å². The molecule has 1 aliphatic rings. The number of halogens is 1. The maximum absolute atomic E-state index is 12.9. The maximum atomic E-state index is 12.9. The van der Waals surface area contributed by atoms with Crippen LogP contribution in [-0.4, -0.2) is 62.0 Å². The number of hydrogen-bond donors (Lipinski definition) is 2. The van der Waals surface area contributed by atoms with Crippen molar-refractivity contribution in [3.8, 4) is 5.75 Å². The van der Waals surface area contributed by atoms with Gasteiger partial charge in [-0.05, 0) is 68.4 Å². The molecule has 3 aromatic carbocycles. The molecule has 0 saturated carbocycles. The minimum absolute atomic E-state index is 0.0213. The summed E-state index contributed by atoms with van der Waals surface area (Å²) in [5.41, 5.74) is 1.71. The number of aromatic nitrogens is 2. The largest absolute Gasteiger partial charge is 0.497 e. The Morgan fingerprint density at radius 3 is 2.67 bits per heavy atom. The second-order valence-corrected chi connectivity index (χ2v) is 11.0. The molecule has 1 aliphatic heterocycles. The monoisotopic (exact) mass is 621 g/mol. The summed E-state index contributed by atoms with van der Waals surface area (Å²) < 4.78 is 31.8. The molecule has 12 nitrogen and oxygen atoms in total. The number of nitrogens with zero attached hydrogens (tertiary/aromatic N) is 7. The molecule has 1 aromatic heterocycles. The Balaban J connectivity index is 1.49. The van der Waals surface area contributed by atoms with Gasteiger partial charge in [0.05, 0.1) is 40.1 Å². The summed E-state index contributed by atoms with van der Waals surface area (Å²) in [6.07, 6.45) is 2.14. The van der Waals surface area contributed by atoms with Crippen LogP contribution in [0.3, 0.4) is 0 Å². The molecule has 14 heteroatoms. The zero-order valence-electron chi connectivity index (χ0n) is 23.6. The number of likely N-dealkylation sites (tertiary alicyclic amines) is 1. The summed E-state index contributed by atoms with van der Waals surface area (Å²) in [6.45, 7) is 4.53. The molecule has 1 N–H and O–H groups in total. The zero-order chi connectivity index (χ0) is 30.3. The van der Waals surface area contributed by atoms with Crippen LogP contribution < -0.4 is 19.3 Å². The van der Waals surface area contributed by atoms with Crippen LogP contribution >= 0.6 is 11.6 Å². The van der Waals surface area contributed by atoms with Crippen molar-refractivity contribution in [1.82, 2.24) is 19.8 Å². The highest BCUT2D eigenvalue weighted by Crippen LogP contribution is 2.36. The Morgan fingerprint density at radius 1 is 1.14 bits per heavy atom. The number of rotatable bonds is 10. The first kappa shape index (κ1) is 30.1. The Morgan fingerprint density at radius 2 is 1.93 bits per heavy atom. The summed E-state index contributed by atoms with van der Waals surface area (Å²) in [6, 6.07) is 18.4. The molecular formula is C29H30ClN8O4S+. The van der Waals surface area contributed by atoms with Crippen molar-refractivity contribution in [3.63, 3.8) is 0 Å². The average Bonchev–Trinajstić information content (AvgIpc) is 3.48. The number of fused-ring (bicyclic) bond motifs is 1. The molecule has 1 fully saturated rings. The van der Waals surface area contributed by atoms with Gasteiger partial charge in [0.15, 0.2) is 11.6 Å². The minimum atomic E-state index is -3.29. The van der Waals surface area contributed by atoms with E-state index in [1.807, 2.05) is 0 Å². The molecule has 2 heterocycles. The maximum Gasteiger partial charge on any atom is 0.360 e. The summed E-state index contributed by atoms with van der Waals surface area (Å²) >= 11 is 6.43. The van der Waals surface area contributed by atoms with Crippen molar-refractivity contribution >= 4 is 62.4 Å². The van der Waals surface area contributed by atoms with Crippen LogP contribution in [0.4, 0.5) is 23.0 Å². The van der Waals surface area contributed by atoms with Gasteiger partial charge in [-0.25, -0.2) is 22.7 Å². The topological polar surface area (TPSA) is 144 Å².